The summed E-state index contributed by atoms with van der Waals surface area (Å²) in [6.07, 6.45) is 7.24. The first-order valence-corrected chi connectivity index (χ1v) is 8.87. The van der Waals surface area contributed by atoms with Crippen LogP contribution in [0.15, 0.2) is 30.6 Å². The Morgan fingerprint density at radius 3 is 2.83 bits per heavy atom. The maximum Gasteiger partial charge on any atom is 0.165 e. The highest BCUT2D eigenvalue weighted by atomic mass is 35.5. The van der Waals surface area contributed by atoms with Gasteiger partial charge in [-0.25, -0.2) is 15.0 Å². The molecule has 3 heterocycles. The van der Waals surface area contributed by atoms with E-state index in [1.807, 2.05) is 12.1 Å². The molecule has 0 aliphatic carbocycles. The predicted octanol–water partition coefficient (Wildman–Crippen LogP) is 3.86. The van der Waals surface area contributed by atoms with Crippen LogP contribution >= 0.6 is 11.6 Å². The highest BCUT2D eigenvalue weighted by molar-refractivity contribution is 6.30. The minimum absolute atomic E-state index is 0.767. The summed E-state index contributed by atoms with van der Waals surface area (Å²) in [6.45, 7) is 1.81. The average molecular weight is 342 g/mol. The van der Waals surface area contributed by atoms with Crippen molar-refractivity contribution in [3.05, 3.63) is 47.0 Å². The average Bonchev–Trinajstić information content (AvgIpc) is 2.79. The third kappa shape index (κ3) is 3.08. The lowest BCUT2D eigenvalue weighted by atomic mass is 10.1. The number of nitrogens with zero attached hydrogens (tertiary/aromatic N) is 4. The Hall–Kier alpha value is -2.14. The van der Waals surface area contributed by atoms with Gasteiger partial charge in [-0.05, 0) is 37.0 Å². The van der Waals surface area contributed by atoms with Gasteiger partial charge in [0.1, 0.15) is 12.2 Å². The number of anilines is 1. The summed E-state index contributed by atoms with van der Waals surface area (Å²) in [5, 5.41) is 4.18. The van der Waals surface area contributed by atoms with Crippen LogP contribution in [0.1, 0.15) is 30.7 Å². The molecule has 2 aromatic heterocycles. The smallest absolute Gasteiger partial charge is 0.165 e. The predicted molar refractivity (Wildman–Crippen MR) is 96.5 cm³/mol. The molecule has 1 N–H and O–H groups in total. The molecule has 1 aromatic carbocycles. The molecule has 0 bridgehead atoms. The van der Waals surface area contributed by atoms with Gasteiger partial charge in [-0.1, -0.05) is 30.2 Å². The van der Waals surface area contributed by atoms with Crippen molar-refractivity contribution >= 4 is 28.6 Å². The molecule has 0 saturated heterocycles. The zero-order valence-corrected chi connectivity index (χ0v) is 14.3. The summed E-state index contributed by atoms with van der Waals surface area (Å²) in [6, 6.07) is 7.95. The van der Waals surface area contributed by atoms with Crippen molar-refractivity contribution in [1.29, 1.82) is 0 Å². The molecule has 0 saturated carbocycles. The van der Waals surface area contributed by atoms with Crippen LogP contribution in [-0.2, 0) is 19.4 Å². The van der Waals surface area contributed by atoms with Crippen molar-refractivity contribution in [2.75, 3.05) is 11.9 Å². The summed E-state index contributed by atoms with van der Waals surface area (Å²) < 4.78 is 2.26. The van der Waals surface area contributed by atoms with Crippen molar-refractivity contribution in [3.63, 3.8) is 0 Å². The molecule has 6 heteroatoms. The van der Waals surface area contributed by atoms with Gasteiger partial charge in [0.15, 0.2) is 17.0 Å². The van der Waals surface area contributed by atoms with Gasteiger partial charge < -0.3 is 9.88 Å². The number of benzene rings is 1. The Balaban J connectivity index is 1.53. The fourth-order valence-electron chi connectivity index (χ4n) is 3.24. The second-order valence-corrected chi connectivity index (χ2v) is 6.62. The van der Waals surface area contributed by atoms with E-state index in [0.29, 0.717) is 0 Å². The lowest BCUT2D eigenvalue weighted by Gasteiger charge is -2.07. The van der Waals surface area contributed by atoms with Crippen LogP contribution in [0.4, 0.5) is 5.82 Å². The minimum Gasteiger partial charge on any atom is -0.368 e. The molecule has 3 aromatic rings. The molecule has 0 atom stereocenters. The second kappa shape index (κ2) is 6.77. The van der Waals surface area contributed by atoms with Crippen molar-refractivity contribution in [1.82, 2.24) is 19.5 Å². The molecule has 4 rings (SSSR count). The van der Waals surface area contributed by atoms with Crippen molar-refractivity contribution in [3.8, 4) is 0 Å². The Morgan fingerprint density at radius 1 is 1.08 bits per heavy atom. The highest BCUT2D eigenvalue weighted by Crippen LogP contribution is 2.24. The van der Waals surface area contributed by atoms with Gasteiger partial charge >= 0.3 is 0 Å². The van der Waals surface area contributed by atoms with E-state index in [1.165, 1.54) is 24.8 Å². The number of nitrogens with one attached hydrogen (secondary N) is 1. The molecule has 1 aliphatic rings. The summed E-state index contributed by atoms with van der Waals surface area (Å²) in [5.74, 6) is 1.97. The molecule has 0 fully saturated rings. The van der Waals surface area contributed by atoms with Gasteiger partial charge in [0, 0.05) is 24.5 Å². The topological polar surface area (TPSA) is 55.6 Å². The first-order chi connectivity index (χ1) is 11.8. The Morgan fingerprint density at radius 2 is 1.96 bits per heavy atom. The van der Waals surface area contributed by atoms with Crippen molar-refractivity contribution in [2.24, 2.45) is 0 Å². The Bertz CT molecular complexity index is 840. The van der Waals surface area contributed by atoms with E-state index < -0.39 is 0 Å². The fraction of sp³-hybridized carbons (Fsp3) is 0.389. The lowest BCUT2D eigenvalue weighted by Crippen LogP contribution is -2.07. The normalized spacial score (nSPS) is 14.4. The van der Waals surface area contributed by atoms with Gasteiger partial charge in [0.2, 0.25) is 0 Å². The molecule has 0 spiro atoms. The van der Waals surface area contributed by atoms with E-state index in [-0.39, 0.29) is 0 Å². The summed E-state index contributed by atoms with van der Waals surface area (Å²) in [4.78, 5) is 13.7. The van der Waals surface area contributed by atoms with E-state index in [2.05, 4.69) is 32.0 Å². The Labute approximate surface area is 146 Å². The third-order valence-electron chi connectivity index (χ3n) is 4.51. The maximum absolute atomic E-state index is 5.93. The lowest BCUT2D eigenvalue weighted by molar-refractivity contribution is 0.643. The summed E-state index contributed by atoms with van der Waals surface area (Å²) in [5.41, 5.74) is 3.10. The molecule has 124 valence electrons. The van der Waals surface area contributed by atoms with Crippen LogP contribution in [0.5, 0.6) is 0 Å². The third-order valence-corrected chi connectivity index (χ3v) is 4.76. The van der Waals surface area contributed by atoms with Gasteiger partial charge in [-0.3, -0.25) is 0 Å². The van der Waals surface area contributed by atoms with Crippen LogP contribution in [0.2, 0.25) is 5.02 Å². The number of halogens is 1. The van der Waals surface area contributed by atoms with Gasteiger partial charge in [0.05, 0.1) is 0 Å². The zero-order valence-electron chi connectivity index (χ0n) is 13.5. The minimum atomic E-state index is 0.767. The molecule has 0 amide bonds. The molecule has 1 aliphatic heterocycles. The monoisotopic (exact) mass is 341 g/mol. The van der Waals surface area contributed by atoms with Crippen LogP contribution in [0.3, 0.4) is 0 Å². The molecule has 0 radical (unpaired) electrons. The first kappa shape index (κ1) is 15.4. The van der Waals surface area contributed by atoms with Crippen molar-refractivity contribution < 1.29 is 0 Å². The number of imidazole rings is 1. The van der Waals surface area contributed by atoms with Crippen molar-refractivity contribution in [2.45, 2.75) is 38.6 Å². The van der Waals surface area contributed by atoms with Crippen LogP contribution in [0.25, 0.3) is 11.2 Å². The zero-order chi connectivity index (χ0) is 16.4. The molecule has 24 heavy (non-hydrogen) atoms. The van der Waals surface area contributed by atoms with Gasteiger partial charge in [-0.15, -0.1) is 0 Å². The Kier molecular flexibility index (Phi) is 4.34. The molecule has 0 unspecified atom stereocenters. The van der Waals surface area contributed by atoms with E-state index in [9.17, 15) is 0 Å². The first-order valence-electron chi connectivity index (χ1n) is 8.50. The highest BCUT2D eigenvalue weighted by Gasteiger charge is 2.17. The van der Waals surface area contributed by atoms with Gasteiger partial charge in [-0.2, -0.15) is 0 Å². The van der Waals surface area contributed by atoms with Crippen LogP contribution < -0.4 is 5.32 Å². The molecular weight excluding hydrogens is 322 g/mol. The van der Waals surface area contributed by atoms with E-state index in [1.54, 1.807) is 6.33 Å². The van der Waals surface area contributed by atoms with E-state index in [0.717, 1.165) is 53.8 Å². The second-order valence-electron chi connectivity index (χ2n) is 6.19. The largest absolute Gasteiger partial charge is 0.368 e. The summed E-state index contributed by atoms with van der Waals surface area (Å²) >= 11 is 5.93. The summed E-state index contributed by atoms with van der Waals surface area (Å²) in [7, 11) is 0. The number of fused-ring (bicyclic) bond motifs is 3. The standard InChI is InChI=1S/C18H20ClN5/c19-14-7-5-13(6-8-14)9-10-20-17-16-18(22-12-21-17)24-11-3-1-2-4-15(24)23-16/h5-8,12H,1-4,9-11H2,(H,20,21,22). The van der Waals surface area contributed by atoms with Crippen LogP contribution in [-0.4, -0.2) is 26.1 Å². The number of hydrogen-bond donors (Lipinski definition) is 1. The number of aryl methyl sites for hydroxylation is 2. The maximum atomic E-state index is 5.93. The van der Waals surface area contributed by atoms with E-state index in [4.69, 9.17) is 16.6 Å². The SMILES string of the molecule is Clc1ccc(CCNc2ncnc3c2nc2n3CCCCC2)cc1. The number of rotatable bonds is 4. The number of aromatic nitrogens is 4. The quantitative estimate of drug-likeness (QED) is 0.782. The molecular formula is C18H20ClN5. The van der Waals surface area contributed by atoms with Gasteiger partial charge in [0.25, 0.3) is 0 Å². The number of hydrogen-bond acceptors (Lipinski definition) is 4. The van der Waals surface area contributed by atoms with Crippen LogP contribution in [0, 0.1) is 0 Å². The molecule has 5 nitrogen and oxygen atoms in total. The fourth-order valence-corrected chi connectivity index (χ4v) is 3.37. The van der Waals surface area contributed by atoms with E-state index >= 15 is 0 Å².